The molecule has 0 heterocycles. The Kier molecular flexibility index (Phi) is 3.81. The molecule has 0 rings (SSSR count). The van der Waals surface area contributed by atoms with Crippen molar-refractivity contribution in [1.82, 2.24) is 4.31 Å². The fourth-order valence-corrected chi connectivity index (χ4v) is 0.563. The standard InChI is InChI=1S/C3H6ClNO2S/c4-1-2-5(8)3(6)7/h8H,1-2H2,(H,6,7). The number of carbonyl (C=O) groups is 1. The molecule has 1 N–H and O–H groups in total. The fraction of sp³-hybridized carbons (Fsp3) is 0.667. The van der Waals surface area contributed by atoms with Gasteiger partial charge in [0.15, 0.2) is 0 Å². The molecule has 0 saturated heterocycles. The molecule has 0 aromatic rings. The van der Waals surface area contributed by atoms with E-state index in [1.54, 1.807) is 0 Å². The third kappa shape index (κ3) is 2.98. The molecule has 0 bridgehead atoms. The van der Waals surface area contributed by atoms with Crippen LogP contribution in [0.2, 0.25) is 0 Å². The van der Waals surface area contributed by atoms with Gasteiger partial charge in [0.05, 0.1) is 0 Å². The average molecular weight is 156 g/mol. The van der Waals surface area contributed by atoms with E-state index in [9.17, 15) is 4.79 Å². The van der Waals surface area contributed by atoms with Gasteiger partial charge in [-0.05, 0) is 0 Å². The molecule has 48 valence electrons. The van der Waals surface area contributed by atoms with E-state index < -0.39 is 6.09 Å². The zero-order chi connectivity index (χ0) is 6.57. The summed E-state index contributed by atoms with van der Waals surface area (Å²) in [6.07, 6.45) is -1.08. The molecule has 0 aliphatic carbocycles. The van der Waals surface area contributed by atoms with Gasteiger partial charge in [-0.1, -0.05) is 12.8 Å². The van der Waals surface area contributed by atoms with Gasteiger partial charge < -0.3 is 5.11 Å². The number of thiol groups is 1. The van der Waals surface area contributed by atoms with Crippen LogP contribution in [0.3, 0.4) is 0 Å². The summed E-state index contributed by atoms with van der Waals surface area (Å²) < 4.78 is 0.826. The first-order valence-electron chi connectivity index (χ1n) is 1.93. The highest BCUT2D eigenvalue weighted by molar-refractivity contribution is 7.78. The van der Waals surface area contributed by atoms with Gasteiger partial charge in [-0.2, -0.15) is 0 Å². The van der Waals surface area contributed by atoms with Crippen molar-refractivity contribution >= 4 is 30.5 Å². The second-order valence-electron chi connectivity index (χ2n) is 1.09. The van der Waals surface area contributed by atoms with Crippen molar-refractivity contribution in [3.63, 3.8) is 0 Å². The first-order valence-corrected chi connectivity index (χ1v) is 2.87. The Morgan fingerprint density at radius 3 is 2.50 bits per heavy atom. The third-order valence-electron chi connectivity index (χ3n) is 0.517. The number of hydrogen-bond acceptors (Lipinski definition) is 2. The van der Waals surface area contributed by atoms with Gasteiger partial charge in [0.2, 0.25) is 0 Å². The number of nitrogens with zero attached hydrogens (tertiary/aromatic N) is 1. The van der Waals surface area contributed by atoms with Crippen LogP contribution in [0, 0.1) is 0 Å². The number of carboxylic acid groups (broad SMARTS) is 1. The van der Waals surface area contributed by atoms with Crippen LogP contribution >= 0.6 is 24.4 Å². The Bertz CT molecular complexity index is 89.4. The molecule has 3 nitrogen and oxygen atoms in total. The Hall–Kier alpha value is -0.0900. The Balaban J connectivity index is 3.32. The summed E-state index contributed by atoms with van der Waals surface area (Å²) in [6, 6.07) is 0. The summed E-state index contributed by atoms with van der Waals surface area (Å²) in [4.78, 5) is 9.88. The van der Waals surface area contributed by atoms with Gasteiger partial charge in [-0.3, -0.25) is 4.31 Å². The van der Waals surface area contributed by atoms with E-state index in [0.29, 0.717) is 0 Å². The van der Waals surface area contributed by atoms with Crippen molar-refractivity contribution in [1.29, 1.82) is 0 Å². The lowest BCUT2D eigenvalue weighted by atomic mass is 10.7. The molecule has 0 fully saturated rings. The van der Waals surface area contributed by atoms with E-state index in [4.69, 9.17) is 16.7 Å². The summed E-state index contributed by atoms with van der Waals surface area (Å²) in [7, 11) is 0. The predicted octanol–water partition coefficient (Wildman–Crippen LogP) is 1.05. The minimum absolute atomic E-state index is 0.250. The molecule has 0 aliphatic heterocycles. The molecule has 0 saturated carbocycles. The van der Waals surface area contributed by atoms with Crippen LogP contribution in [0.15, 0.2) is 0 Å². The minimum atomic E-state index is -1.08. The first kappa shape index (κ1) is 7.91. The molecular formula is C3H6ClNO2S. The zero-order valence-electron chi connectivity index (χ0n) is 4.04. The van der Waals surface area contributed by atoms with Crippen LogP contribution < -0.4 is 0 Å². The number of rotatable bonds is 2. The molecule has 0 spiro atoms. The van der Waals surface area contributed by atoms with Crippen molar-refractivity contribution < 1.29 is 9.90 Å². The summed E-state index contributed by atoms with van der Waals surface area (Å²) in [5.41, 5.74) is 0. The molecule has 0 radical (unpaired) electrons. The molecule has 0 atom stereocenters. The molecule has 5 heteroatoms. The van der Waals surface area contributed by atoms with E-state index in [1.807, 2.05) is 0 Å². The topological polar surface area (TPSA) is 40.5 Å². The summed E-state index contributed by atoms with van der Waals surface area (Å²) in [5, 5.41) is 8.10. The molecule has 0 aromatic carbocycles. The molecule has 0 aliphatic rings. The summed E-state index contributed by atoms with van der Waals surface area (Å²) >= 11 is 8.74. The highest BCUT2D eigenvalue weighted by Gasteiger charge is 2.02. The van der Waals surface area contributed by atoms with Gasteiger partial charge in [0.1, 0.15) is 0 Å². The van der Waals surface area contributed by atoms with Crippen LogP contribution in [0.25, 0.3) is 0 Å². The van der Waals surface area contributed by atoms with E-state index >= 15 is 0 Å². The van der Waals surface area contributed by atoms with Gasteiger partial charge in [-0.25, -0.2) is 4.79 Å². The van der Waals surface area contributed by atoms with E-state index in [1.165, 1.54) is 0 Å². The quantitative estimate of drug-likeness (QED) is 0.462. The van der Waals surface area contributed by atoms with Gasteiger partial charge in [0.25, 0.3) is 0 Å². The fourth-order valence-electron chi connectivity index (χ4n) is 0.176. The number of amides is 1. The first-order chi connectivity index (χ1) is 3.68. The van der Waals surface area contributed by atoms with Crippen molar-refractivity contribution in [2.45, 2.75) is 0 Å². The summed E-state index contributed by atoms with van der Waals surface area (Å²) in [5.74, 6) is 0.274. The number of halogens is 1. The normalized spacial score (nSPS) is 8.75. The number of hydrogen-bond donors (Lipinski definition) is 2. The lowest BCUT2D eigenvalue weighted by molar-refractivity contribution is 0.177. The minimum Gasteiger partial charge on any atom is -0.464 e. The molecular weight excluding hydrogens is 150 g/mol. The predicted molar refractivity (Wildman–Crippen MR) is 34.4 cm³/mol. The summed E-state index contributed by atoms with van der Waals surface area (Å²) in [6.45, 7) is 0.250. The second-order valence-corrected chi connectivity index (χ2v) is 1.96. The maximum Gasteiger partial charge on any atom is 0.417 e. The maximum atomic E-state index is 9.88. The smallest absolute Gasteiger partial charge is 0.417 e. The highest BCUT2D eigenvalue weighted by Crippen LogP contribution is 1.92. The van der Waals surface area contributed by atoms with Crippen LogP contribution in [0.4, 0.5) is 4.79 Å². The van der Waals surface area contributed by atoms with E-state index in [-0.39, 0.29) is 12.4 Å². The molecule has 8 heavy (non-hydrogen) atoms. The largest absolute Gasteiger partial charge is 0.464 e. The van der Waals surface area contributed by atoms with Crippen molar-refractivity contribution in [2.75, 3.05) is 12.4 Å². The van der Waals surface area contributed by atoms with E-state index in [0.717, 1.165) is 4.31 Å². The van der Waals surface area contributed by atoms with Crippen LogP contribution in [0.5, 0.6) is 0 Å². The highest BCUT2D eigenvalue weighted by atomic mass is 35.5. The SMILES string of the molecule is O=C(O)N(S)CCCl. The molecule has 0 aromatic heterocycles. The monoisotopic (exact) mass is 155 g/mol. The lowest BCUT2D eigenvalue weighted by Gasteiger charge is -2.06. The van der Waals surface area contributed by atoms with Crippen molar-refractivity contribution in [2.24, 2.45) is 0 Å². The zero-order valence-corrected chi connectivity index (χ0v) is 5.69. The third-order valence-corrected chi connectivity index (χ3v) is 1.06. The average Bonchev–Trinajstić information content (AvgIpc) is 1.67. The van der Waals surface area contributed by atoms with Crippen LogP contribution in [0.1, 0.15) is 0 Å². The molecule has 1 amide bonds. The Morgan fingerprint density at radius 2 is 2.38 bits per heavy atom. The van der Waals surface area contributed by atoms with Gasteiger partial charge >= 0.3 is 6.09 Å². The van der Waals surface area contributed by atoms with Gasteiger partial charge in [0, 0.05) is 12.4 Å². The molecule has 0 unspecified atom stereocenters. The Morgan fingerprint density at radius 1 is 1.88 bits per heavy atom. The van der Waals surface area contributed by atoms with Crippen molar-refractivity contribution in [3.8, 4) is 0 Å². The maximum absolute atomic E-state index is 9.88. The second kappa shape index (κ2) is 3.86. The van der Waals surface area contributed by atoms with Crippen LogP contribution in [-0.4, -0.2) is 27.9 Å². The lowest BCUT2D eigenvalue weighted by Crippen LogP contribution is -2.20. The van der Waals surface area contributed by atoms with Gasteiger partial charge in [-0.15, -0.1) is 11.6 Å². The van der Waals surface area contributed by atoms with E-state index in [2.05, 4.69) is 12.8 Å². The van der Waals surface area contributed by atoms with Crippen molar-refractivity contribution in [3.05, 3.63) is 0 Å². The Labute approximate surface area is 57.8 Å². The van der Waals surface area contributed by atoms with Crippen LogP contribution in [-0.2, 0) is 0 Å². The number of alkyl halides is 1.